The third-order valence-electron chi connectivity index (χ3n) is 3.57. The van der Waals surface area contributed by atoms with Gasteiger partial charge in [0.1, 0.15) is 18.5 Å². The molecule has 0 aliphatic heterocycles. The van der Waals surface area contributed by atoms with E-state index in [0.717, 1.165) is 5.69 Å². The number of halogens is 2. The lowest BCUT2D eigenvalue weighted by Crippen LogP contribution is -2.35. The number of rotatable bonds is 8. The number of ether oxygens (including phenoxy) is 1. The van der Waals surface area contributed by atoms with Gasteiger partial charge in [-0.05, 0) is 37.3 Å². The summed E-state index contributed by atoms with van der Waals surface area (Å²) in [5.41, 5.74) is 0.843. The van der Waals surface area contributed by atoms with E-state index in [1.54, 1.807) is 12.1 Å². The van der Waals surface area contributed by atoms with Crippen molar-refractivity contribution in [3.05, 3.63) is 62.6 Å². The molecule has 2 aromatic rings. The van der Waals surface area contributed by atoms with Gasteiger partial charge in [-0.25, -0.2) is 0 Å². The molecule has 1 N–H and O–H groups in total. The molecule has 0 aliphatic carbocycles. The van der Waals surface area contributed by atoms with Gasteiger partial charge in [0, 0.05) is 30.9 Å². The largest absolute Gasteiger partial charge is 0.491 e. The molecule has 0 heterocycles. The average molecular weight is 385 g/mol. The number of anilines is 1. The topological polar surface area (TPSA) is 75.8 Å². The van der Waals surface area contributed by atoms with Crippen molar-refractivity contribution in [1.82, 2.24) is 0 Å². The van der Waals surface area contributed by atoms with Crippen molar-refractivity contribution in [2.75, 3.05) is 24.6 Å². The van der Waals surface area contributed by atoms with E-state index in [2.05, 4.69) is 0 Å². The molecule has 1 atom stereocenters. The maximum absolute atomic E-state index is 10.6. The molecule has 0 aromatic heterocycles. The number of hydrogen-bond acceptors (Lipinski definition) is 5. The summed E-state index contributed by atoms with van der Waals surface area (Å²) in [4.78, 5) is 12.1. The Morgan fingerprint density at radius 2 is 1.88 bits per heavy atom. The van der Waals surface area contributed by atoms with Crippen molar-refractivity contribution in [3.63, 3.8) is 0 Å². The van der Waals surface area contributed by atoms with Crippen molar-refractivity contribution in [2.24, 2.45) is 0 Å². The second-order valence-corrected chi connectivity index (χ2v) is 6.17. The molecule has 6 nitrogen and oxygen atoms in total. The summed E-state index contributed by atoms with van der Waals surface area (Å²) in [5.74, 6) is 0.460. The van der Waals surface area contributed by atoms with Gasteiger partial charge < -0.3 is 14.7 Å². The van der Waals surface area contributed by atoms with Gasteiger partial charge >= 0.3 is 0 Å². The van der Waals surface area contributed by atoms with Crippen molar-refractivity contribution >= 4 is 34.6 Å². The summed E-state index contributed by atoms with van der Waals surface area (Å²) >= 11 is 12.0. The molecule has 2 aromatic carbocycles. The van der Waals surface area contributed by atoms with E-state index in [0.29, 0.717) is 28.9 Å². The van der Waals surface area contributed by atoms with Crippen LogP contribution >= 0.6 is 23.2 Å². The first kappa shape index (κ1) is 19.3. The SMILES string of the molecule is CCN(C[C@@H](O)COc1ccc([N+](=O)[O-])cc1)c1ccc(Cl)c(Cl)c1. The summed E-state index contributed by atoms with van der Waals surface area (Å²) in [7, 11) is 0. The van der Waals surface area contributed by atoms with Gasteiger partial charge in [0.15, 0.2) is 0 Å². The Morgan fingerprint density at radius 3 is 2.44 bits per heavy atom. The highest BCUT2D eigenvalue weighted by Crippen LogP contribution is 2.27. The molecular weight excluding hydrogens is 367 g/mol. The van der Waals surface area contributed by atoms with E-state index in [1.807, 2.05) is 17.9 Å². The third kappa shape index (κ3) is 5.49. The van der Waals surface area contributed by atoms with Crippen molar-refractivity contribution in [3.8, 4) is 5.75 Å². The summed E-state index contributed by atoms with van der Waals surface area (Å²) in [6.07, 6.45) is -0.746. The molecule has 25 heavy (non-hydrogen) atoms. The van der Waals surface area contributed by atoms with Crippen LogP contribution in [-0.2, 0) is 0 Å². The highest BCUT2D eigenvalue weighted by molar-refractivity contribution is 6.42. The molecule has 0 fully saturated rings. The lowest BCUT2D eigenvalue weighted by Gasteiger charge is -2.26. The van der Waals surface area contributed by atoms with E-state index in [9.17, 15) is 15.2 Å². The quantitative estimate of drug-likeness (QED) is 0.545. The second kappa shape index (κ2) is 8.89. The van der Waals surface area contributed by atoms with Crippen LogP contribution in [0.1, 0.15) is 6.92 Å². The van der Waals surface area contributed by atoms with Crippen LogP contribution in [0.2, 0.25) is 10.0 Å². The predicted molar refractivity (Wildman–Crippen MR) is 98.9 cm³/mol. The van der Waals surface area contributed by atoms with Crippen LogP contribution < -0.4 is 9.64 Å². The normalized spacial score (nSPS) is 11.8. The number of aliphatic hydroxyl groups excluding tert-OH is 1. The number of likely N-dealkylation sites (N-methyl/N-ethyl adjacent to an activating group) is 1. The summed E-state index contributed by atoms with van der Waals surface area (Å²) < 4.78 is 5.48. The van der Waals surface area contributed by atoms with Crippen LogP contribution in [0, 0.1) is 10.1 Å². The highest BCUT2D eigenvalue weighted by atomic mass is 35.5. The number of non-ortho nitro benzene ring substituents is 1. The van der Waals surface area contributed by atoms with Crippen LogP contribution in [0.3, 0.4) is 0 Å². The van der Waals surface area contributed by atoms with Crippen molar-refractivity contribution in [1.29, 1.82) is 0 Å². The van der Waals surface area contributed by atoms with E-state index in [4.69, 9.17) is 27.9 Å². The monoisotopic (exact) mass is 384 g/mol. The Kier molecular flexibility index (Phi) is 6.87. The van der Waals surface area contributed by atoms with Gasteiger partial charge in [0.05, 0.1) is 15.0 Å². The summed E-state index contributed by atoms with van der Waals surface area (Å²) in [6.45, 7) is 3.05. The van der Waals surface area contributed by atoms with Crippen LogP contribution in [0.4, 0.5) is 11.4 Å². The van der Waals surface area contributed by atoms with Gasteiger partial charge in [-0.15, -0.1) is 0 Å². The number of nitro benzene ring substituents is 1. The lowest BCUT2D eigenvalue weighted by molar-refractivity contribution is -0.384. The zero-order chi connectivity index (χ0) is 18.4. The van der Waals surface area contributed by atoms with E-state index in [1.165, 1.54) is 24.3 Å². The van der Waals surface area contributed by atoms with Crippen LogP contribution in [0.25, 0.3) is 0 Å². The Bertz CT molecular complexity index is 725. The standard InChI is InChI=1S/C17H18Cl2N2O4/c1-2-20(13-5-8-16(18)17(19)9-13)10-14(22)11-25-15-6-3-12(4-7-15)21(23)24/h3-9,14,22H,2,10-11H2,1H3/t14-/m1/s1. The highest BCUT2D eigenvalue weighted by Gasteiger charge is 2.13. The fraction of sp³-hybridized carbons (Fsp3) is 0.294. The van der Waals surface area contributed by atoms with Gasteiger partial charge in [-0.2, -0.15) is 0 Å². The van der Waals surface area contributed by atoms with Crippen LogP contribution in [0.15, 0.2) is 42.5 Å². The van der Waals surface area contributed by atoms with Crippen molar-refractivity contribution in [2.45, 2.75) is 13.0 Å². The van der Waals surface area contributed by atoms with Gasteiger partial charge in [0.25, 0.3) is 5.69 Å². The minimum atomic E-state index is -0.746. The number of benzene rings is 2. The fourth-order valence-corrected chi connectivity index (χ4v) is 2.55. The molecule has 0 aliphatic rings. The second-order valence-electron chi connectivity index (χ2n) is 5.35. The molecule has 8 heteroatoms. The van der Waals surface area contributed by atoms with E-state index in [-0.39, 0.29) is 12.3 Å². The maximum Gasteiger partial charge on any atom is 0.269 e. The van der Waals surface area contributed by atoms with Gasteiger partial charge in [0.2, 0.25) is 0 Å². The van der Waals surface area contributed by atoms with Crippen molar-refractivity contribution < 1.29 is 14.8 Å². The first-order chi connectivity index (χ1) is 11.9. The number of nitro groups is 1. The Labute approximate surface area is 155 Å². The minimum absolute atomic E-state index is 0.00956. The summed E-state index contributed by atoms with van der Waals surface area (Å²) in [5, 5.41) is 21.7. The zero-order valence-electron chi connectivity index (χ0n) is 13.6. The fourth-order valence-electron chi connectivity index (χ4n) is 2.26. The molecule has 0 radical (unpaired) electrons. The Morgan fingerprint density at radius 1 is 1.20 bits per heavy atom. The number of nitrogens with zero attached hydrogens (tertiary/aromatic N) is 2. The number of hydrogen-bond donors (Lipinski definition) is 1. The molecule has 0 saturated carbocycles. The average Bonchev–Trinajstić information content (AvgIpc) is 2.60. The minimum Gasteiger partial charge on any atom is -0.491 e. The first-order valence-corrected chi connectivity index (χ1v) is 8.41. The first-order valence-electron chi connectivity index (χ1n) is 7.66. The third-order valence-corrected chi connectivity index (χ3v) is 4.31. The molecule has 0 bridgehead atoms. The predicted octanol–water partition coefficient (Wildman–Crippen LogP) is 4.17. The van der Waals surface area contributed by atoms with E-state index < -0.39 is 11.0 Å². The lowest BCUT2D eigenvalue weighted by atomic mass is 10.2. The van der Waals surface area contributed by atoms with Gasteiger partial charge in [-0.1, -0.05) is 23.2 Å². The molecule has 134 valence electrons. The van der Waals surface area contributed by atoms with Gasteiger partial charge in [-0.3, -0.25) is 10.1 Å². The summed E-state index contributed by atoms with van der Waals surface area (Å²) in [6, 6.07) is 11.0. The molecule has 2 rings (SSSR count). The van der Waals surface area contributed by atoms with Crippen LogP contribution in [0.5, 0.6) is 5.75 Å². The molecule has 0 unspecified atom stereocenters. The van der Waals surface area contributed by atoms with Crippen LogP contribution in [-0.4, -0.2) is 35.8 Å². The smallest absolute Gasteiger partial charge is 0.269 e. The molecular formula is C17H18Cl2N2O4. The molecule has 0 amide bonds. The zero-order valence-corrected chi connectivity index (χ0v) is 15.1. The maximum atomic E-state index is 10.6. The van der Waals surface area contributed by atoms with E-state index >= 15 is 0 Å². The molecule has 0 saturated heterocycles. The molecule has 0 spiro atoms. The Hall–Kier alpha value is -2.02. The number of aliphatic hydroxyl groups is 1. The Balaban J connectivity index is 1.92.